The van der Waals surface area contributed by atoms with E-state index in [2.05, 4.69) is 43.9 Å². The van der Waals surface area contributed by atoms with E-state index in [1.165, 1.54) is 11.3 Å². The first-order valence-electron chi connectivity index (χ1n) is 6.08. The van der Waals surface area contributed by atoms with Gasteiger partial charge in [0.25, 0.3) is 0 Å². The third kappa shape index (κ3) is 3.17. The molecule has 0 aliphatic carbocycles. The van der Waals surface area contributed by atoms with E-state index in [1.807, 2.05) is 23.1 Å². The topological polar surface area (TPSA) is 34.9 Å². The van der Waals surface area contributed by atoms with Crippen molar-refractivity contribution in [3.8, 4) is 0 Å². The third-order valence-electron chi connectivity index (χ3n) is 2.91. The summed E-state index contributed by atoms with van der Waals surface area (Å²) in [5.74, 6) is 0.125. The summed E-state index contributed by atoms with van der Waals surface area (Å²) in [6, 6.07) is 1.87. The Bertz CT molecular complexity index is 604. The van der Waals surface area contributed by atoms with Gasteiger partial charge in [-0.15, -0.1) is 11.3 Å². The number of thiophene rings is 1. The maximum Gasteiger partial charge on any atom is 0.169 e. The zero-order chi connectivity index (χ0) is 14.0. The van der Waals surface area contributed by atoms with Crippen molar-refractivity contribution in [3.05, 3.63) is 36.7 Å². The molecule has 0 aromatic carbocycles. The van der Waals surface area contributed by atoms with Crippen molar-refractivity contribution in [2.75, 3.05) is 0 Å². The molecule has 2 aromatic heterocycles. The Balaban J connectivity index is 2.28. The molecule has 0 N–H and O–H groups in total. The Labute approximate surface area is 133 Å². The van der Waals surface area contributed by atoms with Crippen LogP contribution < -0.4 is 0 Å². The lowest BCUT2D eigenvalue weighted by atomic mass is 10.1. The van der Waals surface area contributed by atoms with E-state index in [0.717, 1.165) is 38.2 Å². The van der Waals surface area contributed by atoms with Crippen molar-refractivity contribution in [3.63, 3.8) is 0 Å². The van der Waals surface area contributed by atoms with Crippen LogP contribution in [0.25, 0.3) is 0 Å². The van der Waals surface area contributed by atoms with Crippen molar-refractivity contribution in [2.45, 2.75) is 33.2 Å². The fourth-order valence-electron chi connectivity index (χ4n) is 1.90. The zero-order valence-electron chi connectivity index (χ0n) is 10.7. The Morgan fingerprint density at radius 1 is 1.42 bits per heavy atom. The molecule has 0 bridgehead atoms. The van der Waals surface area contributed by atoms with Gasteiger partial charge < -0.3 is 0 Å². The number of nitrogens with zero attached hydrogens (tertiary/aromatic N) is 2. The summed E-state index contributed by atoms with van der Waals surface area (Å²) in [7, 11) is 0. The van der Waals surface area contributed by atoms with Gasteiger partial charge in [-0.1, -0.05) is 6.92 Å². The Morgan fingerprint density at radius 2 is 2.16 bits per heavy atom. The maximum atomic E-state index is 12.3. The second kappa shape index (κ2) is 6.33. The van der Waals surface area contributed by atoms with Crippen LogP contribution in [0.4, 0.5) is 0 Å². The molecule has 0 unspecified atom stereocenters. The van der Waals surface area contributed by atoms with Crippen LogP contribution in [0.1, 0.15) is 35.6 Å². The van der Waals surface area contributed by atoms with Gasteiger partial charge in [0.15, 0.2) is 5.78 Å². The largest absolute Gasteiger partial charge is 0.294 e. The number of rotatable bonds is 5. The summed E-state index contributed by atoms with van der Waals surface area (Å²) < 4.78 is 3.86. The van der Waals surface area contributed by atoms with Crippen LogP contribution in [0.15, 0.2) is 19.7 Å². The number of Topliss-reactive ketones (excluding diaryl/α,β-unsaturated/α-hetero) is 1. The summed E-state index contributed by atoms with van der Waals surface area (Å²) in [5.41, 5.74) is 2.73. The zero-order valence-corrected chi connectivity index (χ0v) is 14.7. The first-order valence-corrected chi connectivity index (χ1v) is 8.54. The molecule has 0 saturated heterocycles. The number of hydrogen-bond donors (Lipinski definition) is 0. The second-order valence-electron chi connectivity index (χ2n) is 4.12. The van der Waals surface area contributed by atoms with Gasteiger partial charge in [0.2, 0.25) is 0 Å². The van der Waals surface area contributed by atoms with Crippen LogP contribution >= 0.6 is 43.2 Å². The van der Waals surface area contributed by atoms with Crippen LogP contribution in [-0.4, -0.2) is 15.6 Å². The summed E-state index contributed by atoms with van der Waals surface area (Å²) in [5, 5.41) is 6.39. The lowest BCUT2D eigenvalue weighted by Gasteiger charge is -2.04. The van der Waals surface area contributed by atoms with Crippen molar-refractivity contribution in [1.29, 1.82) is 0 Å². The van der Waals surface area contributed by atoms with Gasteiger partial charge in [0.1, 0.15) is 0 Å². The predicted octanol–water partition coefficient (Wildman–Crippen LogP) is 4.48. The lowest BCUT2D eigenvalue weighted by Crippen LogP contribution is -2.09. The van der Waals surface area contributed by atoms with Gasteiger partial charge in [-0.2, -0.15) is 5.10 Å². The molecule has 0 saturated carbocycles. The molecule has 0 atom stereocenters. The van der Waals surface area contributed by atoms with E-state index in [0.29, 0.717) is 6.42 Å². The number of carbonyl (C=O) groups is 1. The smallest absolute Gasteiger partial charge is 0.169 e. The minimum absolute atomic E-state index is 0.125. The Kier molecular flexibility index (Phi) is 4.97. The summed E-state index contributed by atoms with van der Waals surface area (Å²) in [6.45, 7) is 4.87. The predicted molar refractivity (Wildman–Crippen MR) is 85.0 cm³/mol. The number of aromatic nitrogens is 2. The average Bonchev–Trinajstić information content (AvgIpc) is 2.95. The van der Waals surface area contributed by atoms with Crippen molar-refractivity contribution < 1.29 is 4.79 Å². The van der Waals surface area contributed by atoms with Gasteiger partial charge in [0.05, 0.1) is 26.1 Å². The number of ketones is 1. The molecule has 0 aliphatic heterocycles. The van der Waals surface area contributed by atoms with Crippen LogP contribution in [0.2, 0.25) is 0 Å². The fourth-order valence-corrected chi connectivity index (χ4v) is 3.76. The molecule has 19 heavy (non-hydrogen) atoms. The van der Waals surface area contributed by atoms with Crippen LogP contribution in [-0.2, 0) is 19.4 Å². The minimum Gasteiger partial charge on any atom is -0.294 e. The number of halogens is 2. The highest BCUT2D eigenvalue weighted by molar-refractivity contribution is 9.11. The maximum absolute atomic E-state index is 12.3. The van der Waals surface area contributed by atoms with E-state index in [1.54, 1.807) is 0 Å². The van der Waals surface area contributed by atoms with E-state index in [-0.39, 0.29) is 5.78 Å². The Morgan fingerprint density at radius 3 is 2.68 bits per heavy atom. The quantitative estimate of drug-likeness (QED) is 0.687. The van der Waals surface area contributed by atoms with Gasteiger partial charge in [0, 0.05) is 17.5 Å². The fraction of sp³-hybridized carbons (Fsp3) is 0.385. The number of aryl methyl sites for hydroxylation is 2. The van der Waals surface area contributed by atoms with Crippen LogP contribution in [0.3, 0.4) is 0 Å². The highest BCUT2D eigenvalue weighted by atomic mass is 79.9. The molecule has 2 aromatic rings. The van der Waals surface area contributed by atoms with Gasteiger partial charge >= 0.3 is 0 Å². The lowest BCUT2D eigenvalue weighted by molar-refractivity contribution is 0.0990. The molecule has 2 rings (SSSR count). The number of hydrogen-bond acceptors (Lipinski definition) is 3. The van der Waals surface area contributed by atoms with Crippen molar-refractivity contribution in [2.24, 2.45) is 0 Å². The molecule has 0 radical (unpaired) electrons. The number of carbonyl (C=O) groups excluding carboxylic acids is 1. The Hall–Kier alpha value is -0.460. The molecule has 102 valence electrons. The molecular weight excluding hydrogens is 392 g/mol. The normalized spacial score (nSPS) is 10.9. The van der Waals surface area contributed by atoms with Gasteiger partial charge in [-0.05, 0) is 51.3 Å². The minimum atomic E-state index is 0.125. The molecule has 0 aliphatic rings. The first-order chi connectivity index (χ1) is 9.06. The van der Waals surface area contributed by atoms with Crippen LogP contribution in [0.5, 0.6) is 0 Å². The van der Waals surface area contributed by atoms with E-state index >= 15 is 0 Å². The standard InChI is InChI=1S/C13H14Br2N2OS/c1-3-9-13(15)10(17(4-2)16-9)6-11(18)8-5-12(14)19-7-8/h5,7H,3-4,6H2,1-2H3. The van der Waals surface area contributed by atoms with Crippen molar-refractivity contribution in [1.82, 2.24) is 9.78 Å². The van der Waals surface area contributed by atoms with Gasteiger partial charge in [-0.25, -0.2) is 0 Å². The molecule has 2 heterocycles. The summed E-state index contributed by atoms with van der Waals surface area (Å²) >= 11 is 8.48. The third-order valence-corrected chi connectivity index (χ3v) is 5.33. The highest BCUT2D eigenvalue weighted by Crippen LogP contribution is 2.26. The summed E-state index contributed by atoms with van der Waals surface area (Å²) in [4.78, 5) is 12.3. The highest BCUT2D eigenvalue weighted by Gasteiger charge is 2.18. The molecule has 6 heteroatoms. The van der Waals surface area contributed by atoms with E-state index in [4.69, 9.17) is 0 Å². The molecule has 0 amide bonds. The molecule has 0 spiro atoms. The van der Waals surface area contributed by atoms with E-state index < -0.39 is 0 Å². The van der Waals surface area contributed by atoms with Crippen molar-refractivity contribution >= 4 is 49.0 Å². The second-order valence-corrected chi connectivity index (χ2v) is 7.20. The average molecular weight is 406 g/mol. The SMILES string of the molecule is CCc1nn(CC)c(CC(=O)c2csc(Br)c2)c1Br. The van der Waals surface area contributed by atoms with Crippen LogP contribution in [0, 0.1) is 0 Å². The van der Waals surface area contributed by atoms with E-state index in [9.17, 15) is 4.79 Å². The summed E-state index contributed by atoms with van der Waals surface area (Å²) in [6.07, 6.45) is 1.24. The monoisotopic (exact) mass is 404 g/mol. The molecule has 0 fully saturated rings. The van der Waals surface area contributed by atoms with Gasteiger partial charge in [-0.3, -0.25) is 9.48 Å². The molecule has 3 nitrogen and oxygen atoms in total. The first kappa shape index (κ1) is 14.9. The molecular formula is C13H14Br2N2OS.